The summed E-state index contributed by atoms with van der Waals surface area (Å²) in [6, 6.07) is 6.95. The number of carbonyl (C=O) groups excluding carboxylic acids is 1. The van der Waals surface area contributed by atoms with Crippen LogP contribution in [0.3, 0.4) is 0 Å². The van der Waals surface area contributed by atoms with Gasteiger partial charge in [0.05, 0.1) is 12.7 Å². The fraction of sp³-hybridized carbons (Fsp3) is 0.385. The van der Waals surface area contributed by atoms with E-state index in [2.05, 4.69) is 0 Å². The molecule has 94 valence electrons. The molecule has 1 aromatic carbocycles. The minimum Gasteiger partial charge on any atom is -0.381 e. The number of halogens is 2. The molecule has 0 radical (unpaired) electrons. The van der Waals surface area contributed by atoms with E-state index in [1.165, 1.54) is 0 Å². The van der Waals surface area contributed by atoms with Gasteiger partial charge in [-0.25, -0.2) is 0 Å². The van der Waals surface area contributed by atoms with E-state index in [1.54, 1.807) is 18.2 Å². The van der Waals surface area contributed by atoms with Crippen molar-refractivity contribution < 1.29 is 9.53 Å². The van der Waals surface area contributed by atoms with Crippen LogP contribution in [0.2, 0.25) is 10.0 Å². The van der Waals surface area contributed by atoms with Gasteiger partial charge < -0.3 is 4.74 Å². The Bertz CT molecular complexity index is 484. The standard InChI is InChI=1S/C13H11Cl2NO2/c14-10-2-1-3-11(15)12(10)9(6-16)13(17)8-4-5-18-7-8/h1-3,8-9H,4-5,7H2. The fourth-order valence-corrected chi connectivity index (χ4v) is 2.67. The van der Waals surface area contributed by atoms with Gasteiger partial charge in [-0.05, 0) is 18.6 Å². The van der Waals surface area contributed by atoms with Crippen molar-refractivity contribution in [2.45, 2.75) is 12.3 Å². The third-order valence-corrected chi connectivity index (χ3v) is 3.69. The minimum atomic E-state index is -0.919. The first kappa shape index (κ1) is 13.4. The molecule has 18 heavy (non-hydrogen) atoms. The number of hydrogen-bond donors (Lipinski definition) is 0. The van der Waals surface area contributed by atoms with E-state index in [1.807, 2.05) is 6.07 Å². The first-order valence-corrected chi connectivity index (χ1v) is 6.35. The van der Waals surface area contributed by atoms with E-state index in [9.17, 15) is 10.1 Å². The molecule has 0 amide bonds. The minimum absolute atomic E-state index is 0.162. The second-order valence-electron chi connectivity index (χ2n) is 4.16. The van der Waals surface area contributed by atoms with Crippen molar-refractivity contribution in [2.75, 3.05) is 13.2 Å². The van der Waals surface area contributed by atoms with Crippen LogP contribution in [-0.2, 0) is 9.53 Å². The van der Waals surface area contributed by atoms with Crippen molar-refractivity contribution in [3.05, 3.63) is 33.8 Å². The van der Waals surface area contributed by atoms with Crippen LogP contribution in [0.4, 0.5) is 0 Å². The van der Waals surface area contributed by atoms with Crippen molar-refractivity contribution in [1.29, 1.82) is 5.26 Å². The summed E-state index contributed by atoms with van der Waals surface area (Å²) in [4.78, 5) is 12.3. The maximum Gasteiger partial charge on any atom is 0.160 e. The lowest BCUT2D eigenvalue weighted by Crippen LogP contribution is -2.22. The van der Waals surface area contributed by atoms with Crippen LogP contribution >= 0.6 is 23.2 Å². The van der Waals surface area contributed by atoms with Gasteiger partial charge in [-0.15, -0.1) is 0 Å². The highest BCUT2D eigenvalue weighted by Crippen LogP contribution is 2.34. The maximum atomic E-state index is 12.3. The van der Waals surface area contributed by atoms with Crippen LogP contribution in [0.1, 0.15) is 17.9 Å². The van der Waals surface area contributed by atoms with Crippen LogP contribution in [0, 0.1) is 17.2 Å². The Hall–Kier alpha value is -1.08. The summed E-state index contributed by atoms with van der Waals surface area (Å²) in [7, 11) is 0. The van der Waals surface area contributed by atoms with Crippen LogP contribution in [0.25, 0.3) is 0 Å². The van der Waals surface area contributed by atoms with Crippen molar-refractivity contribution in [1.82, 2.24) is 0 Å². The summed E-state index contributed by atoms with van der Waals surface area (Å²) in [5, 5.41) is 9.93. The van der Waals surface area contributed by atoms with Crippen LogP contribution < -0.4 is 0 Å². The summed E-state index contributed by atoms with van der Waals surface area (Å²) in [6.45, 7) is 0.934. The number of hydrogen-bond acceptors (Lipinski definition) is 3. The number of rotatable bonds is 3. The topological polar surface area (TPSA) is 50.1 Å². The molecule has 0 saturated carbocycles. The van der Waals surface area contributed by atoms with Gasteiger partial charge in [-0.2, -0.15) is 5.26 Å². The number of carbonyl (C=O) groups is 1. The quantitative estimate of drug-likeness (QED) is 0.856. The molecule has 1 aliphatic heterocycles. The van der Waals surface area contributed by atoms with E-state index >= 15 is 0 Å². The summed E-state index contributed by atoms with van der Waals surface area (Å²) in [5.41, 5.74) is 0.403. The first-order valence-electron chi connectivity index (χ1n) is 5.60. The van der Waals surface area contributed by atoms with Gasteiger partial charge in [-0.1, -0.05) is 29.3 Å². The van der Waals surface area contributed by atoms with Gasteiger partial charge in [-0.3, -0.25) is 4.79 Å². The maximum absolute atomic E-state index is 12.3. The van der Waals surface area contributed by atoms with E-state index < -0.39 is 5.92 Å². The highest BCUT2D eigenvalue weighted by molar-refractivity contribution is 6.36. The molecular formula is C13H11Cl2NO2. The third kappa shape index (κ3) is 2.51. The van der Waals surface area contributed by atoms with Crippen LogP contribution in [0.15, 0.2) is 18.2 Å². The molecule has 3 nitrogen and oxygen atoms in total. The lowest BCUT2D eigenvalue weighted by atomic mass is 9.88. The van der Waals surface area contributed by atoms with Crippen LogP contribution in [0.5, 0.6) is 0 Å². The molecule has 2 unspecified atom stereocenters. The molecule has 1 saturated heterocycles. The van der Waals surface area contributed by atoms with E-state index in [-0.39, 0.29) is 11.7 Å². The zero-order chi connectivity index (χ0) is 13.1. The second-order valence-corrected chi connectivity index (χ2v) is 4.97. The zero-order valence-corrected chi connectivity index (χ0v) is 11.0. The Morgan fingerprint density at radius 3 is 2.61 bits per heavy atom. The lowest BCUT2D eigenvalue weighted by Gasteiger charge is -2.15. The Labute approximate surface area is 115 Å². The molecule has 0 spiro atoms. The van der Waals surface area contributed by atoms with Crippen molar-refractivity contribution in [3.8, 4) is 6.07 Å². The summed E-state index contributed by atoms with van der Waals surface area (Å²) in [5.74, 6) is -1.31. The van der Waals surface area contributed by atoms with Gasteiger partial charge >= 0.3 is 0 Å². The fourth-order valence-electron chi connectivity index (χ4n) is 2.05. The Morgan fingerprint density at radius 1 is 1.44 bits per heavy atom. The number of nitrogens with zero attached hydrogens (tertiary/aromatic N) is 1. The lowest BCUT2D eigenvalue weighted by molar-refractivity contribution is -0.123. The molecule has 0 N–H and O–H groups in total. The molecule has 1 aromatic rings. The van der Waals surface area contributed by atoms with E-state index in [0.29, 0.717) is 35.2 Å². The van der Waals surface area contributed by atoms with Crippen molar-refractivity contribution >= 4 is 29.0 Å². The molecule has 0 bridgehead atoms. The average molecular weight is 284 g/mol. The number of ether oxygens (including phenoxy) is 1. The molecule has 1 heterocycles. The number of Topliss-reactive ketones (excluding diaryl/α,β-unsaturated/α-hetero) is 1. The molecular weight excluding hydrogens is 273 g/mol. The van der Waals surface area contributed by atoms with Gasteiger partial charge in [0.15, 0.2) is 5.78 Å². The smallest absolute Gasteiger partial charge is 0.160 e. The second kappa shape index (κ2) is 5.71. The van der Waals surface area contributed by atoms with Crippen molar-refractivity contribution in [3.63, 3.8) is 0 Å². The van der Waals surface area contributed by atoms with Gasteiger partial charge in [0.2, 0.25) is 0 Å². The molecule has 0 aromatic heterocycles. The highest BCUT2D eigenvalue weighted by Gasteiger charge is 2.33. The molecule has 0 aliphatic carbocycles. The van der Waals surface area contributed by atoms with Gasteiger partial charge in [0.25, 0.3) is 0 Å². The summed E-state index contributed by atoms with van der Waals surface area (Å²) >= 11 is 12.1. The normalized spacial score (nSPS) is 20.4. The average Bonchev–Trinajstić information content (AvgIpc) is 2.87. The Kier molecular flexibility index (Phi) is 4.23. The molecule has 1 fully saturated rings. The van der Waals surface area contributed by atoms with Gasteiger partial charge in [0, 0.05) is 28.1 Å². The molecule has 2 rings (SSSR count). The Balaban J connectivity index is 2.34. The first-order chi connectivity index (χ1) is 8.65. The number of benzene rings is 1. The van der Waals surface area contributed by atoms with Crippen LogP contribution in [-0.4, -0.2) is 19.0 Å². The summed E-state index contributed by atoms with van der Waals surface area (Å²) in [6.07, 6.45) is 0.652. The monoisotopic (exact) mass is 283 g/mol. The summed E-state index contributed by atoms with van der Waals surface area (Å²) < 4.78 is 5.17. The van der Waals surface area contributed by atoms with Gasteiger partial charge in [0.1, 0.15) is 5.92 Å². The molecule has 5 heteroatoms. The Morgan fingerprint density at radius 2 is 2.11 bits per heavy atom. The SMILES string of the molecule is N#CC(C(=O)C1CCOC1)c1c(Cl)cccc1Cl. The number of nitriles is 1. The highest BCUT2D eigenvalue weighted by atomic mass is 35.5. The van der Waals surface area contributed by atoms with E-state index in [4.69, 9.17) is 27.9 Å². The largest absolute Gasteiger partial charge is 0.381 e. The van der Waals surface area contributed by atoms with E-state index in [0.717, 1.165) is 0 Å². The third-order valence-electron chi connectivity index (χ3n) is 3.03. The predicted octanol–water partition coefficient (Wildman–Crippen LogP) is 3.21. The molecule has 1 aliphatic rings. The molecule has 2 atom stereocenters. The zero-order valence-electron chi connectivity index (χ0n) is 9.53. The van der Waals surface area contributed by atoms with Crippen molar-refractivity contribution in [2.24, 2.45) is 5.92 Å². The number of ketones is 1. The predicted molar refractivity (Wildman–Crippen MR) is 68.7 cm³/mol.